The second-order valence-electron chi connectivity index (χ2n) is 4.56. The summed E-state index contributed by atoms with van der Waals surface area (Å²) in [6.45, 7) is 0. The van der Waals surface area contributed by atoms with Crippen LogP contribution in [0, 0.1) is 5.82 Å². The summed E-state index contributed by atoms with van der Waals surface area (Å²) in [7, 11) is 1.54. The van der Waals surface area contributed by atoms with Gasteiger partial charge in [0, 0.05) is 5.56 Å². The zero-order chi connectivity index (χ0) is 15.5. The van der Waals surface area contributed by atoms with Crippen molar-refractivity contribution in [2.45, 2.75) is 0 Å². The second-order valence-corrected chi connectivity index (χ2v) is 4.56. The van der Waals surface area contributed by atoms with Crippen LogP contribution in [0.3, 0.4) is 0 Å². The van der Waals surface area contributed by atoms with Crippen molar-refractivity contribution in [3.8, 4) is 5.75 Å². The van der Waals surface area contributed by atoms with Crippen LogP contribution < -0.4 is 4.74 Å². The van der Waals surface area contributed by atoms with E-state index in [4.69, 9.17) is 9.47 Å². The molecule has 0 spiro atoms. The van der Waals surface area contributed by atoms with Crippen molar-refractivity contribution in [1.82, 2.24) is 0 Å². The number of ether oxygens (including phenoxy) is 2. The Labute approximate surface area is 126 Å². The summed E-state index contributed by atoms with van der Waals surface area (Å²) >= 11 is 0. The van der Waals surface area contributed by atoms with Crippen LogP contribution in [0.5, 0.6) is 5.75 Å². The van der Waals surface area contributed by atoms with E-state index in [1.54, 1.807) is 37.5 Å². The Balaban J connectivity index is 2.00. The van der Waals surface area contributed by atoms with Crippen LogP contribution >= 0.6 is 0 Å². The summed E-state index contributed by atoms with van der Waals surface area (Å²) in [5.74, 6) is -0.543. The van der Waals surface area contributed by atoms with Crippen molar-refractivity contribution < 1.29 is 18.7 Å². The molecule has 22 heavy (non-hydrogen) atoms. The highest BCUT2D eigenvalue weighted by Gasteiger charge is 2.26. The van der Waals surface area contributed by atoms with Crippen molar-refractivity contribution in [2.24, 2.45) is 4.99 Å². The molecule has 0 aliphatic carbocycles. The molecule has 0 amide bonds. The van der Waals surface area contributed by atoms with Gasteiger partial charge in [-0.05, 0) is 24.3 Å². The van der Waals surface area contributed by atoms with Gasteiger partial charge in [-0.15, -0.1) is 0 Å². The predicted molar refractivity (Wildman–Crippen MR) is 80.0 cm³/mol. The van der Waals surface area contributed by atoms with Crippen LogP contribution in [0.2, 0.25) is 0 Å². The predicted octanol–water partition coefficient (Wildman–Crippen LogP) is 3.18. The number of aliphatic imine (C=N–C) groups is 1. The van der Waals surface area contributed by atoms with Gasteiger partial charge in [-0.25, -0.2) is 14.2 Å². The molecule has 0 aromatic heterocycles. The molecule has 2 aromatic carbocycles. The lowest BCUT2D eigenvalue weighted by molar-refractivity contribution is -0.129. The Bertz CT molecular complexity index is 796. The average Bonchev–Trinajstić information content (AvgIpc) is 2.89. The van der Waals surface area contributed by atoms with Gasteiger partial charge in [-0.2, -0.15) is 0 Å². The van der Waals surface area contributed by atoms with Crippen molar-refractivity contribution in [2.75, 3.05) is 7.11 Å². The number of para-hydroxylation sites is 1. The molecule has 0 saturated heterocycles. The molecule has 1 aliphatic rings. The minimum atomic E-state index is -0.621. The maximum atomic E-state index is 13.7. The first-order valence-electron chi connectivity index (χ1n) is 6.59. The van der Waals surface area contributed by atoms with Crippen molar-refractivity contribution in [3.05, 3.63) is 71.2 Å². The van der Waals surface area contributed by atoms with Crippen molar-refractivity contribution in [3.63, 3.8) is 0 Å². The molecule has 1 heterocycles. The van der Waals surface area contributed by atoms with Crippen molar-refractivity contribution >= 4 is 17.9 Å². The van der Waals surface area contributed by atoms with E-state index in [1.165, 1.54) is 12.1 Å². The molecule has 0 unspecified atom stereocenters. The molecular weight excluding hydrogens is 285 g/mol. The summed E-state index contributed by atoms with van der Waals surface area (Å²) in [4.78, 5) is 16.0. The average molecular weight is 297 g/mol. The van der Waals surface area contributed by atoms with Crippen LogP contribution in [-0.4, -0.2) is 19.0 Å². The van der Waals surface area contributed by atoms with Gasteiger partial charge in [0.05, 0.1) is 12.7 Å². The molecule has 110 valence electrons. The minimum Gasteiger partial charge on any atom is -0.496 e. The number of carbonyl (C=O) groups is 1. The molecule has 0 saturated carbocycles. The van der Waals surface area contributed by atoms with E-state index < -0.39 is 11.8 Å². The van der Waals surface area contributed by atoms with E-state index in [0.717, 1.165) is 0 Å². The number of carbonyl (C=O) groups excluding carboxylic acids is 1. The van der Waals surface area contributed by atoms with E-state index in [-0.39, 0.29) is 17.2 Å². The van der Waals surface area contributed by atoms with Crippen LogP contribution in [0.25, 0.3) is 6.08 Å². The molecule has 1 aliphatic heterocycles. The third-order valence-electron chi connectivity index (χ3n) is 3.16. The van der Waals surface area contributed by atoms with Crippen LogP contribution in [0.1, 0.15) is 11.1 Å². The quantitative estimate of drug-likeness (QED) is 0.646. The molecular formula is C17H12FNO3. The summed E-state index contributed by atoms with van der Waals surface area (Å²) in [5, 5.41) is 0. The lowest BCUT2D eigenvalue weighted by Crippen LogP contribution is -2.07. The third kappa shape index (κ3) is 2.61. The fourth-order valence-corrected chi connectivity index (χ4v) is 2.09. The largest absolute Gasteiger partial charge is 0.496 e. The normalized spacial score (nSPS) is 15.6. The number of hydrogen-bond acceptors (Lipinski definition) is 4. The van der Waals surface area contributed by atoms with Crippen LogP contribution in [-0.2, 0) is 9.53 Å². The van der Waals surface area contributed by atoms with Gasteiger partial charge in [0.15, 0.2) is 5.70 Å². The Morgan fingerprint density at radius 1 is 1.14 bits per heavy atom. The summed E-state index contributed by atoms with van der Waals surface area (Å²) in [6, 6.07) is 13.2. The molecule has 4 nitrogen and oxygen atoms in total. The molecule has 0 radical (unpaired) electrons. The lowest BCUT2D eigenvalue weighted by Gasteiger charge is -2.03. The highest BCUT2D eigenvalue weighted by atomic mass is 19.1. The Hall–Kier alpha value is -2.95. The van der Waals surface area contributed by atoms with Gasteiger partial charge in [-0.3, -0.25) is 0 Å². The Kier molecular flexibility index (Phi) is 3.70. The monoisotopic (exact) mass is 297 g/mol. The zero-order valence-corrected chi connectivity index (χ0v) is 11.7. The van der Waals surface area contributed by atoms with Crippen LogP contribution in [0.4, 0.5) is 4.39 Å². The van der Waals surface area contributed by atoms with E-state index in [2.05, 4.69) is 4.99 Å². The van der Waals surface area contributed by atoms with Gasteiger partial charge >= 0.3 is 5.97 Å². The fraction of sp³-hybridized carbons (Fsp3) is 0.0588. The first kappa shape index (κ1) is 14.0. The minimum absolute atomic E-state index is 0.0377. The molecule has 0 atom stereocenters. The number of cyclic esters (lactones) is 1. The second kappa shape index (κ2) is 5.81. The molecule has 0 fully saturated rings. The maximum absolute atomic E-state index is 13.7. The number of benzene rings is 2. The SMILES string of the molecule is COc1ccccc1C=C1N=C(c2ccccc2F)OC1=O. The molecule has 0 N–H and O–H groups in total. The number of hydrogen-bond donors (Lipinski definition) is 0. The van der Waals surface area contributed by atoms with E-state index in [1.807, 2.05) is 12.1 Å². The number of rotatable bonds is 3. The standard InChI is InChI=1S/C17H12FNO3/c1-21-15-9-5-2-6-11(15)10-14-17(20)22-16(19-14)12-7-3-4-8-13(12)18/h2-10H,1H3. The highest BCUT2D eigenvalue weighted by Crippen LogP contribution is 2.24. The van der Waals surface area contributed by atoms with Gasteiger partial charge < -0.3 is 9.47 Å². The van der Waals surface area contributed by atoms with Crippen LogP contribution in [0.15, 0.2) is 59.2 Å². The molecule has 5 heteroatoms. The summed E-state index contributed by atoms with van der Waals surface area (Å²) < 4.78 is 24.0. The molecule has 3 rings (SSSR count). The van der Waals surface area contributed by atoms with Gasteiger partial charge in [0.25, 0.3) is 0 Å². The number of halogens is 1. The Morgan fingerprint density at radius 2 is 1.86 bits per heavy atom. The smallest absolute Gasteiger partial charge is 0.363 e. The highest BCUT2D eigenvalue weighted by molar-refractivity contribution is 6.13. The maximum Gasteiger partial charge on any atom is 0.363 e. The number of nitrogens with zero attached hydrogens (tertiary/aromatic N) is 1. The van der Waals surface area contributed by atoms with E-state index >= 15 is 0 Å². The van der Waals surface area contributed by atoms with E-state index in [9.17, 15) is 9.18 Å². The zero-order valence-electron chi connectivity index (χ0n) is 11.7. The Morgan fingerprint density at radius 3 is 2.64 bits per heavy atom. The van der Waals surface area contributed by atoms with Crippen molar-refractivity contribution in [1.29, 1.82) is 0 Å². The van der Waals surface area contributed by atoms with Gasteiger partial charge in [0.2, 0.25) is 5.90 Å². The first-order valence-corrected chi connectivity index (χ1v) is 6.59. The number of esters is 1. The first-order chi connectivity index (χ1) is 10.7. The molecule has 0 bridgehead atoms. The number of methoxy groups -OCH3 is 1. The van der Waals surface area contributed by atoms with Gasteiger partial charge in [0.1, 0.15) is 11.6 Å². The third-order valence-corrected chi connectivity index (χ3v) is 3.16. The topological polar surface area (TPSA) is 47.9 Å². The van der Waals surface area contributed by atoms with E-state index in [0.29, 0.717) is 11.3 Å². The summed E-state index contributed by atoms with van der Waals surface area (Å²) in [6.07, 6.45) is 1.55. The summed E-state index contributed by atoms with van der Waals surface area (Å²) in [5.41, 5.74) is 0.942. The molecule has 2 aromatic rings. The lowest BCUT2D eigenvalue weighted by atomic mass is 10.1. The fourth-order valence-electron chi connectivity index (χ4n) is 2.09. The van der Waals surface area contributed by atoms with Gasteiger partial charge in [-0.1, -0.05) is 30.3 Å².